The quantitative estimate of drug-likeness (QED) is 0.877. The Kier molecular flexibility index (Phi) is 3.16. The summed E-state index contributed by atoms with van der Waals surface area (Å²) in [6, 6.07) is 2.73. The van der Waals surface area contributed by atoms with E-state index in [1.165, 1.54) is 4.90 Å². The molecule has 1 aromatic rings. The maximum atomic E-state index is 12.5. The summed E-state index contributed by atoms with van der Waals surface area (Å²) in [5.74, 6) is -0.525. The van der Waals surface area contributed by atoms with E-state index in [2.05, 4.69) is 0 Å². The summed E-state index contributed by atoms with van der Waals surface area (Å²) in [5, 5.41) is 8.74. The van der Waals surface area contributed by atoms with E-state index >= 15 is 0 Å². The normalized spacial score (nSPS) is 15.3. The number of hydrogen-bond donors (Lipinski definition) is 1. The van der Waals surface area contributed by atoms with Crippen molar-refractivity contribution in [3.8, 4) is 5.75 Å². The minimum absolute atomic E-state index is 0.0719. The van der Waals surface area contributed by atoms with Gasteiger partial charge in [-0.3, -0.25) is 4.79 Å². The molecule has 0 saturated heterocycles. The van der Waals surface area contributed by atoms with Crippen molar-refractivity contribution in [3.63, 3.8) is 0 Å². The zero-order valence-electron chi connectivity index (χ0n) is 9.20. The van der Waals surface area contributed by atoms with Crippen LogP contribution in [0.1, 0.15) is 15.9 Å². The van der Waals surface area contributed by atoms with Crippen molar-refractivity contribution in [1.82, 2.24) is 4.90 Å². The first-order valence-electron chi connectivity index (χ1n) is 5.17. The number of carbonyl (C=O) groups is 1. The number of aliphatic hydroxyl groups excluding tert-OH is 1. The summed E-state index contributed by atoms with van der Waals surface area (Å²) < 4.78 is 42.5. The van der Waals surface area contributed by atoms with Crippen LogP contribution in [-0.4, -0.2) is 35.8 Å². The predicted molar refractivity (Wildman–Crippen MR) is 55.1 cm³/mol. The molecule has 1 aliphatic heterocycles. The zero-order valence-corrected chi connectivity index (χ0v) is 9.20. The van der Waals surface area contributed by atoms with Crippen molar-refractivity contribution in [2.75, 3.05) is 19.9 Å². The number of β-amino-alcohol motifs (C(OH)–C–C–N with tert-alkyl or cyclic N) is 1. The number of alkyl halides is 3. The fourth-order valence-corrected chi connectivity index (χ4v) is 1.66. The molecule has 0 unspecified atom stereocenters. The summed E-state index contributed by atoms with van der Waals surface area (Å²) in [6.45, 7) is -0.307. The van der Waals surface area contributed by atoms with Gasteiger partial charge in [-0.2, -0.15) is 13.2 Å². The predicted octanol–water partition coefficient (Wildman–Crippen LogP) is 1.49. The Hall–Kier alpha value is -1.76. The van der Waals surface area contributed by atoms with Crippen molar-refractivity contribution in [3.05, 3.63) is 29.3 Å². The minimum Gasteiger partial charge on any atom is -0.472 e. The van der Waals surface area contributed by atoms with Gasteiger partial charge >= 0.3 is 6.18 Å². The Bertz CT molecular complexity index is 473. The highest BCUT2D eigenvalue weighted by Crippen LogP contribution is 2.34. The van der Waals surface area contributed by atoms with E-state index in [0.717, 1.165) is 18.2 Å². The van der Waals surface area contributed by atoms with Crippen LogP contribution in [0.2, 0.25) is 0 Å². The molecule has 1 N–H and O–H groups in total. The summed E-state index contributed by atoms with van der Waals surface area (Å²) in [6.07, 6.45) is -4.47. The number of rotatable bonds is 2. The number of aliphatic hydroxyl groups is 1. The van der Waals surface area contributed by atoms with Crippen LogP contribution in [0.15, 0.2) is 18.2 Å². The van der Waals surface area contributed by atoms with Crippen molar-refractivity contribution in [1.29, 1.82) is 0 Å². The fraction of sp³-hybridized carbons (Fsp3) is 0.364. The van der Waals surface area contributed by atoms with Crippen LogP contribution < -0.4 is 4.74 Å². The van der Waals surface area contributed by atoms with Gasteiger partial charge in [0.05, 0.1) is 17.7 Å². The van der Waals surface area contributed by atoms with Gasteiger partial charge in [-0.05, 0) is 18.2 Å². The number of ether oxygens (including phenoxy) is 1. The SMILES string of the molecule is O=C1c2ccc(C(F)(F)F)cc2OCN1CCO. The lowest BCUT2D eigenvalue weighted by Crippen LogP contribution is -2.40. The van der Waals surface area contributed by atoms with Crippen LogP contribution in [0.5, 0.6) is 5.75 Å². The van der Waals surface area contributed by atoms with Gasteiger partial charge in [0.15, 0.2) is 6.73 Å². The average molecular weight is 261 g/mol. The number of fused-ring (bicyclic) bond motifs is 1. The molecule has 0 spiro atoms. The van der Waals surface area contributed by atoms with Gasteiger partial charge < -0.3 is 14.7 Å². The lowest BCUT2D eigenvalue weighted by Gasteiger charge is -2.28. The molecule has 0 atom stereocenters. The first-order chi connectivity index (χ1) is 8.43. The lowest BCUT2D eigenvalue weighted by molar-refractivity contribution is -0.137. The van der Waals surface area contributed by atoms with Gasteiger partial charge in [0, 0.05) is 6.54 Å². The van der Waals surface area contributed by atoms with Crippen LogP contribution in [0, 0.1) is 0 Å². The molecule has 1 amide bonds. The Balaban J connectivity index is 2.32. The van der Waals surface area contributed by atoms with E-state index in [1.807, 2.05) is 0 Å². The van der Waals surface area contributed by atoms with Gasteiger partial charge in [-0.25, -0.2) is 0 Å². The highest BCUT2D eigenvalue weighted by Gasteiger charge is 2.33. The van der Waals surface area contributed by atoms with E-state index < -0.39 is 17.6 Å². The van der Waals surface area contributed by atoms with Gasteiger partial charge in [0.2, 0.25) is 0 Å². The molecule has 1 aliphatic rings. The van der Waals surface area contributed by atoms with Crippen LogP contribution in [0.3, 0.4) is 0 Å². The van der Waals surface area contributed by atoms with Gasteiger partial charge in [-0.1, -0.05) is 0 Å². The fourth-order valence-electron chi connectivity index (χ4n) is 1.66. The highest BCUT2D eigenvalue weighted by atomic mass is 19.4. The van der Waals surface area contributed by atoms with E-state index in [4.69, 9.17) is 9.84 Å². The summed E-state index contributed by atoms with van der Waals surface area (Å²) in [4.78, 5) is 13.0. The number of hydrogen-bond acceptors (Lipinski definition) is 3. The van der Waals surface area contributed by atoms with Crippen molar-refractivity contribution in [2.45, 2.75) is 6.18 Å². The minimum atomic E-state index is -4.47. The van der Waals surface area contributed by atoms with E-state index in [1.54, 1.807) is 0 Å². The molecule has 18 heavy (non-hydrogen) atoms. The number of benzene rings is 1. The zero-order chi connectivity index (χ0) is 13.3. The summed E-state index contributed by atoms with van der Waals surface area (Å²) in [7, 11) is 0. The molecule has 0 radical (unpaired) electrons. The largest absolute Gasteiger partial charge is 0.472 e. The molecule has 0 aromatic heterocycles. The van der Waals surface area contributed by atoms with E-state index in [-0.39, 0.29) is 31.2 Å². The smallest absolute Gasteiger partial charge is 0.416 e. The summed E-state index contributed by atoms with van der Waals surface area (Å²) >= 11 is 0. The van der Waals surface area contributed by atoms with Crippen molar-refractivity contribution < 1.29 is 27.8 Å². The van der Waals surface area contributed by atoms with Crippen LogP contribution in [0.4, 0.5) is 13.2 Å². The first kappa shape index (κ1) is 12.7. The maximum Gasteiger partial charge on any atom is 0.416 e. The Morgan fingerprint density at radius 1 is 1.39 bits per heavy atom. The van der Waals surface area contributed by atoms with Crippen LogP contribution >= 0.6 is 0 Å². The molecular formula is C11H10F3NO3. The van der Waals surface area contributed by atoms with E-state index in [0.29, 0.717) is 0 Å². The number of nitrogens with zero attached hydrogens (tertiary/aromatic N) is 1. The molecule has 0 fully saturated rings. The second-order valence-corrected chi connectivity index (χ2v) is 3.77. The Labute approximate surface area is 101 Å². The third kappa shape index (κ3) is 2.26. The maximum absolute atomic E-state index is 12.5. The molecule has 1 heterocycles. The third-order valence-electron chi connectivity index (χ3n) is 2.57. The highest BCUT2D eigenvalue weighted by molar-refractivity contribution is 5.97. The topological polar surface area (TPSA) is 49.8 Å². The number of carbonyl (C=O) groups excluding carboxylic acids is 1. The molecule has 7 heteroatoms. The molecule has 0 saturated carbocycles. The average Bonchev–Trinajstić information content (AvgIpc) is 2.31. The molecule has 98 valence electrons. The molecule has 0 aliphatic carbocycles. The molecule has 1 aromatic carbocycles. The van der Waals surface area contributed by atoms with Gasteiger partial charge in [0.25, 0.3) is 5.91 Å². The second-order valence-electron chi connectivity index (χ2n) is 3.77. The lowest BCUT2D eigenvalue weighted by atomic mass is 10.1. The Morgan fingerprint density at radius 2 is 2.11 bits per heavy atom. The summed E-state index contributed by atoms with van der Waals surface area (Å²) in [5.41, 5.74) is -0.785. The molecule has 4 nitrogen and oxygen atoms in total. The molecule has 0 bridgehead atoms. The van der Waals surface area contributed by atoms with Gasteiger partial charge in [-0.15, -0.1) is 0 Å². The second kappa shape index (κ2) is 4.49. The van der Waals surface area contributed by atoms with Crippen LogP contribution in [-0.2, 0) is 6.18 Å². The van der Waals surface area contributed by atoms with Gasteiger partial charge in [0.1, 0.15) is 5.75 Å². The van der Waals surface area contributed by atoms with Crippen LogP contribution in [0.25, 0.3) is 0 Å². The number of halogens is 3. The van der Waals surface area contributed by atoms with Crippen molar-refractivity contribution in [2.24, 2.45) is 0 Å². The molecule has 2 rings (SSSR count). The first-order valence-corrected chi connectivity index (χ1v) is 5.17. The standard InChI is InChI=1S/C11H10F3NO3/c12-11(13,14)7-1-2-8-9(5-7)18-6-15(3-4-16)10(8)17/h1-2,5,16H,3-4,6H2. The molecular weight excluding hydrogens is 251 g/mol. The third-order valence-corrected chi connectivity index (χ3v) is 2.57. The Morgan fingerprint density at radius 3 is 2.72 bits per heavy atom. The van der Waals surface area contributed by atoms with Crippen molar-refractivity contribution >= 4 is 5.91 Å². The van der Waals surface area contributed by atoms with E-state index in [9.17, 15) is 18.0 Å². The number of amides is 1. The monoisotopic (exact) mass is 261 g/mol.